The number of hydrogen-bond acceptors (Lipinski definition) is 4. The van der Waals surface area contributed by atoms with Gasteiger partial charge in [0.25, 0.3) is 0 Å². The quantitative estimate of drug-likeness (QED) is 0.579. The molecule has 27 heavy (non-hydrogen) atoms. The fourth-order valence-corrected chi connectivity index (χ4v) is 4.42. The summed E-state index contributed by atoms with van der Waals surface area (Å²) in [5.41, 5.74) is 3.73. The molecule has 1 aromatic heterocycles. The molecule has 0 aliphatic heterocycles. The van der Waals surface area contributed by atoms with E-state index in [-0.39, 0.29) is 21.9 Å². The summed E-state index contributed by atoms with van der Waals surface area (Å²) in [5, 5.41) is 2.01. The highest BCUT2D eigenvalue weighted by molar-refractivity contribution is 8.93. The minimum atomic E-state index is -3.47. The lowest BCUT2D eigenvalue weighted by molar-refractivity contribution is 0.521. The molecule has 0 N–H and O–H groups in total. The molecule has 8 heteroatoms. The van der Waals surface area contributed by atoms with Gasteiger partial charge >= 0.3 is 0 Å². The average molecular weight is 468 g/mol. The summed E-state index contributed by atoms with van der Waals surface area (Å²) in [4.78, 5) is 5.81. The molecule has 0 bridgehead atoms. The number of sulfonamides is 1. The molecule has 3 aromatic rings. The minimum absolute atomic E-state index is 0. The van der Waals surface area contributed by atoms with E-state index in [0.717, 1.165) is 27.3 Å². The zero-order chi connectivity index (χ0) is 18.9. The highest BCUT2D eigenvalue weighted by Crippen LogP contribution is 2.27. The zero-order valence-electron chi connectivity index (χ0n) is 15.6. The number of aromatic nitrogens is 1. The lowest BCUT2D eigenvalue weighted by Gasteiger charge is -2.14. The molecule has 0 unspecified atom stereocenters. The van der Waals surface area contributed by atoms with E-state index in [2.05, 4.69) is 4.99 Å². The van der Waals surface area contributed by atoms with Crippen LogP contribution < -0.4 is 4.80 Å². The van der Waals surface area contributed by atoms with Crippen molar-refractivity contribution >= 4 is 44.0 Å². The SMILES string of the molecule is Br.Cc1ccc(S(=O)(=O)N(C)C)cc1-c1cs/c(=N/c2ccccc2)n1C. The van der Waals surface area contributed by atoms with Gasteiger partial charge in [0.15, 0.2) is 4.80 Å². The normalized spacial score (nSPS) is 12.3. The average Bonchev–Trinajstić information content (AvgIpc) is 2.96. The van der Waals surface area contributed by atoms with Crippen molar-refractivity contribution < 1.29 is 8.42 Å². The highest BCUT2D eigenvalue weighted by atomic mass is 79.9. The molecule has 0 radical (unpaired) electrons. The number of para-hydroxylation sites is 1. The summed E-state index contributed by atoms with van der Waals surface area (Å²) < 4.78 is 28.1. The Kier molecular flexibility index (Phi) is 6.80. The van der Waals surface area contributed by atoms with E-state index in [1.165, 1.54) is 29.7 Å². The van der Waals surface area contributed by atoms with Crippen molar-refractivity contribution in [2.24, 2.45) is 12.0 Å². The van der Waals surface area contributed by atoms with Crippen molar-refractivity contribution in [1.82, 2.24) is 8.87 Å². The predicted octanol–water partition coefficient (Wildman–Crippen LogP) is 4.12. The Morgan fingerprint density at radius 1 is 1.07 bits per heavy atom. The number of rotatable bonds is 4. The molecular formula is C19H22BrN3O2S2. The highest BCUT2D eigenvalue weighted by Gasteiger charge is 2.19. The summed E-state index contributed by atoms with van der Waals surface area (Å²) in [6.07, 6.45) is 0. The van der Waals surface area contributed by atoms with Gasteiger partial charge in [-0.2, -0.15) is 0 Å². The van der Waals surface area contributed by atoms with Gasteiger partial charge in [-0.3, -0.25) is 0 Å². The largest absolute Gasteiger partial charge is 0.320 e. The van der Waals surface area contributed by atoms with Crippen LogP contribution in [0.5, 0.6) is 0 Å². The van der Waals surface area contributed by atoms with Crippen LogP contribution in [-0.2, 0) is 17.1 Å². The number of thiazole rings is 1. The molecule has 0 saturated heterocycles. The molecule has 0 amide bonds. The maximum absolute atomic E-state index is 12.5. The maximum Gasteiger partial charge on any atom is 0.242 e. The predicted molar refractivity (Wildman–Crippen MR) is 116 cm³/mol. The van der Waals surface area contributed by atoms with Crippen LogP contribution in [0, 0.1) is 6.92 Å². The Morgan fingerprint density at radius 3 is 2.37 bits per heavy atom. The minimum Gasteiger partial charge on any atom is -0.320 e. The summed E-state index contributed by atoms with van der Waals surface area (Å²) in [5.74, 6) is 0. The monoisotopic (exact) mass is 467 g/mol. The maximum atomic E-state index is 12.5. The van der Waals surface area contributed by atoms with Crippen LogP contribution in [0.2, 0.25) is 0 Å². The van der Waals surface area contributed by atoms with Crippen molar-refractivity contribution in [2.75, 3.05) is 14.1 Å². The number of halogens is 1. The summed E-state index contributed by atoms with van der Waals surface area (Å²) in [6.45, 7) is 1.98. The molecule has 3 rings (SSSR count). The first-order valence-corrected chi connectivity index (χ1v) is 10.4. The lowest BCUT2D eigenvalue weighted by Crippen LogP contribution is -2.22. The first-order valence-electron chi connectivity index (χ1n) is 8.08. The Morgan fingerprint density at radius 2 is 1.74 bits per heavy atom. The van der Waals surface area contributed by atoms with Crippen molar-refractivity contribution in [1.29, 1.82) is 0 Å². The summed E-state index contributed by atoms with van der Waals surface area (Å²) >= 11 is 1.53. The number of nitrogens with zero attached hydrogens (tertiary/aromatic N) is 3. The molecule has 1 heterocycles. The molecule has 0 aliphatic rings. The Labute approximate surface area is 174 Å². The first kappa shape index (κ1) is 21.6. The van der Waals surface area contributed by atoms with Crippen LogP contribution in [0.3, 0.4) is 0 Å². The first-order chi connectivity index (χ1) is 12.3. The van der Waals surface area contributed by atoms with Crippen LogP contribution in [0.25, 0.3) is 11.3 Å². The van der Waals surface area contributed by atoms with Gasteiger partial charge in [-0.1, -0.05) is 24.3 Å². The van der Waals surface area contributed by atoms with E-state index in [1.807, 2.05) is 60.3 Å². The standard InChI is InChI=1S/C19H21N3O2S2.BrH/c1-14-10-11-16(26(23,24)21(2)3)12-17(14)18-13-25-19(22(18)4)20-15-8-6-5-7-9-15;/h5-13H,1-4H3;1H/b20-19+;. The fourth-order valence-electron chi connectivity index (χ4n) is 2.58. The molecule has 0 spiro atoms. The summed E-state index contributed by atoms with van der Waals surface area (Å²) in [6, 6.07) is 15.0. The van der Waals surface area contributed by atoms with Gasteiger partial charge in [0.1, 0.15) is 0 Å². The van der Waals surface area contributed by atoms with E-state index in [0.29, 0.717) is 0 Å². The third-order valence-corrected chi connectivity index (χ3v) is 6.90. The second-order valence-electron chi connectivity index (χ2n) is 6.17. The zero-order valence-corrected chi connectivity index (χ0v) is 18.9. The molecule has 144 valence electrons. The Balaban J connectivity index is 0.00000261. The third-order valence-electron chi connectivity index (χ3n) is 4.17. The van der Waals surface area contributed by atoms with Crippen molar-refractivity contribution in [3.05, 3.63) is 64.3 Å². The molecule has 0 aliphatic carbocycles. The van der Waals surface area contributed by atoms with Crippen molar-refractivity contribution in [3.8, 4) is 11.3 Å². The van der Waals surface area contributed by atoms with Gasteiger partial charge in [0.2, 0.25) is 10.0 Å². The molecule has 2 aromatic carbocycles. The van der Waals surface area contributed by atoms with Crippen LogP contribution in [-0.4, -0.2) is 31.4 Å². The molecular weight excluding hydrogens is 446 g/mol. The van der Waals surface area contributed by atoms with E-state index in [1.54, 1.807) is 12.1 Å². The molecule has 5 nitrogen and oxygen atoms in total. The van der Waals surface area contributed by atoms with Gasteiger partial charge < -0.3 is 4.57 Å². The number of benzene rings is 2. The van der Waals surface area contributed by atoms with Gasteiger partial charge in [0, 0.05) is 32.1 Å². The van der Waals surface area contributed by atoms with E-state index in [9.17, 15) is 8.42 Å². The van der Waals surface area contributed by atoms with Crippen molar-refractivity contribution in [2.45, 2.75) is 11.8 Å². The van der Waals surface area contributed by atoms with E-state index >= 15 is 0 Å². The lowest BCUT2D eigenvalue weighted by atomic mass is 10.1. The van der Waals surface area contributed by atoms with E-state index < -0.39 is 10.0 Å². The number of hydrogen-bond donors (Lipinski definition) is 0. The van der Waals surface area contributed by atoms with E-state index in [4.69, 9.17) is 0 Å². The molecule has 0 atom stereocenters. The third kappa shape index (κ3) is 4.40. The van der Waals surface area contributed by atoms with Gasteiger partial charge in [0.05, 0.1) is 16.3 Å². The summed E-state index contributed by atoms with van der Waals surface area (Å²) in [7, 11) is 1.55. The number of aryl methyl sites for hydroxylation is 1. The van der Waals surface area contributed by atoms with Crippen LogP contribution in [0.4, 0.5) is 5.69 Å². The van der Waals surface area contributed by atoms with Crippen LogP contribution in [0.15, 0.2) is 63.8 Å². The van der Waals surface area contributed by atoms with Crippen LogP contribution in [0.1, 0.15) is 5.56 Å². The second kappa shape index (κ2) is 8.52. The van der Waals surface area contributed by atoms with Crippen molar-refractivity contribution in [3.63, 3.8) is 0 Å². The molecule has 0 saturated carbocycles. The van der Waals surface area contributed by atoms with Gasteiger partial charge in [-0.05, 0) is 36.8 Å². The van der Waals surface area contributed by atoms with Gasteiger partial charge in [-0.15, -0.1) is 28.3 Å². The van der Waals surface area contributed by atoms with Gasteiger partial charge in [-0.25, -0.2) is 17.7 Å². The molecule has 0 fully saturated rings. The smallest absolute Gasteiger partial charge is 0.242 e. The van der Waals surface area contributed by atoms with Crippen LogP contribution >= 0.6 is 28.3 Å². The second-order valence-corrected chi connectivity index (χ2v) is 9.16. The Bertz CT molecular complexity index is 1100. The topological polar surface area (TPSA) is 54.7 Å². The Hall–Kier alpha value is -1.74. The fraction of sp³-hybridized carbons (Fsp3) is 0.211.